The van der Waals surface area contributed by atoms with Crippen LogP contribution in [0.4, 0.5) is 0 Å². The van der Waals surface area contributed by atoms with Crippen molar-refractivity contribution in [2.24, 2.45) is 0 Å². The van der Waals surface area contributed by atoms with E-state index in [0.29, 0.717) is 11.4 Å². The molecule has 3 atom stereocenters. The molecule has 1 aromatic rings. The highest BCUT2D eigenvalue weighted by Crippen LogP contribution is 2.41. The van der Waals surface area contributed by atoms with E-state index < -0.39 is 10.0 Å². The van der Waals surface area contributed by atoms with Crippen molar-refractivity contribution in [3.8, 4) is 0 Å². The molecule has 4 nitrogen and oxygen atoms in total. The van der Waals surface area contributed by atoms with Crippen LogP contribution >= 0.6 is 11.6 Å². The minimum atomic E-state index is -3.22. The van der Waals surface area contributed by atoms with Gasteiger partial charge in [-0.25, -0.2) is 13.1 Å². The first kappa shape index (κ1) is 15.3. The Bertz CT molecular complexity index is 599. The number of hydrogen-bond donors (Lipinski definition) is 1. The SMILES string of the molecule is O=S(=O)(CC[C@@H]1CCCO1)N[C@H]1C[C@H]1c1cccc(Cl)c1. The summed E-state index contributed by atoms with van der Waals surface area (Å²) in [5, 5.41) is 0.694. The summed E-state index contributed by atoms with van der Waals surface area (Å²) < 4.78 is 32.4. The minimum Gasteiger partial charge on any atom is -0.378 e. The van der Waals surface area contributed by atoms with Gasteiger partial charge >= 0.3 is 0 Å². The van der Waals surface area contributed by atoms with Crippen LogP contribution in [0.2, 0.25) is 5.02 Å². The molecule has 6 heteroatoms. The first-order chi connectivity index (χ1) is 10.0. The second-order valence-electron chi connectivity index (χ2n) is 5.86. The molecule has 1 N–H and O–H groups in total. The fourth-order valence-electron chi connectivity index (χ4n) is 2.88. The van der Waals surface area contributed by atoms with Crippen molar-refractivity contribution in [1.82, 2.24) is 4.72 Å². The maximum atomic E-state index is 12.1. The Morgan fingerprint density at radius 3 is 2.95 bits per heavy atom. The van der Waals surface area contributed by atoms with E-state index in [1.54, 1.807) is 0 Å². The molecule has 21 heavy (non-hydrogen) atoms. The average molecular weight is 330 g/mol. The van der Waals surface area contributed by atoms with E-state index in [0.717, 1.165) is 31.4 Å². The van der Waals surface area contributed by atoms with Gasteiger partial charge in [0.25, 0.3) is 0 Å². The van der Waals surface area contributed by atoms with Crippen molar-refractivity contribution in [1.29, 1.82) is 0 Å². The van der Waals surface area contributed by atoms with E-state index in [-0.39, 0.29) is 23.8 Å². The van der Waals surface area contributed by atoms with Gasteiger partial charge in [-0.2, -0.15) is 0 Å². The van der Waals surface area contributed by atoms with Crippen LogP contribution in [0.5, 0.6) is 0 Å². The molecule has 1 heterocycles. The van der Waals surface area contributed by atoms with Gasteiger partial charge in [-0.05, 0) is 43.4 Å². The Kier molecular flexibility index (Phi) is 4.54. The zero-order valence-corrected chi connectivity index (χ0v) is 13.4. The average Bonchev–Trinajstić information content (AvgIpc) is 2.99. The minimum absolute atomic E-state index is 0.0120. The lowest BCUT2D eigenvalue weighted by molar-refractivity contribution is 0.109. The zero-order chi connectivity index (χ0) is 14.9. The van der Waals surface area contributed by atoms with Crippen molar-refractivity contribution >= 4 is 21.6 Å². The maximum absolute atomic E-state index is 12.1. The van der Waals surface area contributed by atoms with E-state index in [1.165, 1.54) is 0 Å². The van der Waals surface area contributed by atoms with E-state index in [1.807, 2.05) is 24.3 Å². The van der Waals surface area contributed by atoms with Crippen LogP contribution in [0, 0.1) is 0 Å². The van der Waals surface area contributed by atoms with E-state index in [9.17, 15) is 8.42 Å². The van der Waals surface area contributed by atoms with Gasteiger partial charge in [-0.3, -0.25) is 0 Å². The molecule has 1 aromatic carbocycles. The number of ether oxygens (including phenoxy) is 1. The summed E-state index contributed by atoms with van der Waals surface area (Å²) in [6.07, 6.45) is 3.56. The monoisotopic (exact) mass is 329 g/mol. The maximum Gasteiger partial charge on any atom is 0.211 e. The van der Waals surface area contributed by atoms with Crippen molar-refractivity contribution in [2.75, 3.05) is 12.4 Å². The van der Waals surface area contributed by atoms with Crippen molar-refractivity contribution in [3.63, 3.8) is 0 Å². The quantitative estimate of drug-likeness (QED) is 0.873. The molecule has 1 saturated heterocycles. The van der Waals surface area contributed by atoms with Gasteiger partial charge < -0.3 is 4.74 Å². The lowest BCUT2D eigenvalue weighted by Crippen LogP contribution is -2.30. The fourth-order valence-corrected chi connectivity index (χ4v) is 4.49. The van der Waals surface area contributed by atoms with Crippen LogP contribution in [0.15, 0.2) is 24.3 Å². The summed E-state index contributed by atoms with van der Waals surface area (Å²) in [4.78, 5) is 0. The second kappa shape index (κ2) is 6.24. The summed E-state index contributed by atoms with van der Waals surface area (Å²) >= 11 is 5.97. The van der Waals surface area contributed by atoms with Crippen molar-refractivity contribution < 1.29 is 13.2 Å². The lowest BCUT2D eigenvalue weighted by atomic mass is 10.1. The molecule has 1 saturated carbocycles. The van der Waals surface area contributed by atoms with Gasteiger partial charge in [0.1, 0.15) is 0 Å². The van der Waals surface area contributed by atoms with Gasteiger partial charge in [-0.1, -0.05) is 23.7 Å². The fraction of sp³-hybridized carbons (Fsp3) is 0.600. The number of rotatable bonds is 6. The predicted octanol–water partition coefficient (Wildman–Crippen LogP) is 2.68. The molecule has 0 bridgehead atoms. The molecule has 3 rings (SSSR count). The number of halogens is 1. The molecule has 0 radical (unpaired) electrons. The highest BCUT2D eigenvalue weighted by molar-refractivity contribution is 7.89. The highest BCUT2D eigenvalue weighted by atomic mass is 35.5. The molecule has 0 spiro atoms. The third-order valence-corrected chi connectivity index (χ3v) is 5.80. The Labute approximate surface area is 130 Å². The van der Waals surface area contributed by atoms with Crippen LogP contribution in [-0.4, -0.2) is 32.9 Å². The van der Waals surface area contributed by atoms with E-state index >= 15 is 0 Å². The van der Waals surface area contributed by atoms with Crippen LogP contribution < -0.4 is 4.72 Å². The normalized spacial score (nSPS) is 28.7. The third kappa shape index (κ3) is 4.19. The molecule has 2 aliphatic rings. The summed E-state index contributed by atoms with van der Waals surface area (Å²) in [7, 11) is -3.22. The molecule has 1 aliphatic carbocycles. The molecule has 1 aliphatic heterocycles. The second-order valence-corrected chi connectivity index (χ2v) is 8.17. The first-order valence-electron chi connectivity index (χ1n) is 7.40. The number of nitrogens with one attached hydrogen (secondary N) is 1. The van der Waals surface area contributed by atoms with E-state index in [4.69, 9.17) is 16.3 Å². The van der Waals surface area contributed by atoms with E-state index in [2.05, 4.69) is 4.72 Å². The Morgan fingerprint density at radius 2 is 2.24 bits per heavy atom. The Morgan fingerprint density at radius 1 is 1.38 bits per heavy atom. The van der Waals surface area contributed by atoms with Crippen LogP contribution in [0.1, 0.15) is 37.2 Å². The molecular formula is C15H20ClNO3S. The van der Waals surface area contributed by atoms with Crippen molar-refractivity contribution in [2.45, 2.75) is 43.7 Å². The predicted molar refractivity (Wildman–Crippen MR) is 83.1 cm³/mol. The lowest BCUT2D eigenvalue weighted by Gasteiger charge is -2.10. The molecule has 2 fully saturated rings. The number of benzene rings is 1. The first-order valence-corrected chi connectivity index (χ1v) is 9.43. The number of hydrogen-bond acceptors (Lipinski definition) is 3. The molecule has 0 aromatic heterocycles. The Hall–Kier alpha value is -0.620. The van der Waals surface area contributed by atoms with Gasteiger partial charge in [0, 0.05) is 23.6 Å². The van der Waals surface area contributed by atoms with Crippen molar-refractivity contribution in [3.05, 3.63) is 34.9 Å². The van der Waals surface area contributed by atoms with Gasteiger partial charge in [0.15, 0.2) is 0 Å². The van der Waals surface area contributed by atoms with Gasteiger partial charge in [-0.15, -0.1) is 0 Å². The summed E-state index contributed by atoms with van der Waals surface area (Å²) in [6, 6.07) is 7.65. The highest BCUT2D eigenvalue weighted by Gasteiger charge is 2.41. The van der Waals surface area contributed by atoms with Crippen LogP contribution in [0.3, 0.4) is 0 Å². The van der Waals surface area contributed by atoms with Gasteiger partial charge in [0.2, 0.25) is 10.0 Å². The van der Waals surface area contributed by atoms with Crippen LogP contribution in [0.25, 0.3) is 0 Å². The Balaban J connectivity index is 1.50. The smallest absolute Gasteiger partial charge is 0.211 e. The standard InChI is InChI=1S/C15H20ClNO3S/c16-12-4-1-3-11(9-12)14-10-15(14)17-21(18,19)8-6-13-5-2-7-20-13/h1,3-4,9,13-15,17H,2,5-8,10H2/t13-,14-,15-/m0/s1. The summed E-state index contributed by atoms with van der Waals surface area (Å²) in [5.74, 6) is 0.400. The molecule has 116 valence electrons. The largest absolute Gasteiger partial charge is 0.378 e. The molecule has 0 unspecified atom stereocenters. The van der Waals surface area contributed by atoms with Crippen LogP contribution in [-0.2, 0) is 14.8 Å². The summed E-state index contributed by atoms with van der Waals surface area (Å²) in [5.41, 5.74) is 1.11. The number of sulfonamides is 1. The zero-order valence-electron chi connectivity index (χ0n) is 11.8. The third-order valence-electron chi connectivity index (χ3n) is 4.13. The molecule has 0 amide bonds. The summed E-state index contributed by atoms with van der Waals surface area (Å²) in [6.45, 7) is 0.762. The topological polar surface area (TPSA) is 55.4 Å². The molecular weight excluding hydrogens is 310 g/mol. The van der Waals surface area contributed by atoms with Gasteiger partial charge in [0.05, 0.1) is 11.9 Å².